The lowest BCUT2D eigenvalue weighted by molar-refractivity contribution is -0.116. The van der Waals surface area contributed by atoms with Crippen LogP contribution < -0.4 is 10.2 Å². The number of halogens is 4. The van der Waals surface area contributed by atoms with E-state index in [4.69, 9.17) is 0 Å². The third-order valence-electron chi connectivity index (χ3n) is 4.00. The molecule has 0 atom stereocenters. The second-order valence-electron chi connectivity index (χ2n) is 5.96. The number of nitrogens with zero attached hydrogens (tertiary/aromatic N) is 1. The van der Waals surface area contributed by atoms with Crippen LogP contribution in [-0.2, 0) is 4.79 Å². The predicted octanol–water partition coefficient (Wildman–Crippen LogP) is 4.01. The molecule has 2 aromatic rings. The van der Waals surface area contributed by atoms with Gasteiger partial charge in [0.05, 0.1) is 16.9 Å². The zero-order valence-corrected chi connectivity index (χ0v) is 13.7. The molecule has 1 saturated carbocycles. The molecule has 0 radical (unpaired) electrons. The molecule has 0 aliphatic heterocycles. The summed E-state index contributed by atoms with van der Waals surface area (Å²) in [7, 11) is 0. The Balaban J connectivity index is 1.97. The van der Waals surface area contributed by atoms with E-state index in [9.17, 15) is 27.2 Å². The molecule has 1 aliphatic rings. The fourth-order valence-corrected chi connectivity index (χ4v) is 2.67. The molecule has 3 rings (SSSR count). The minimum Gasteiger partial charge on any atom is -0.320 e. The summed E-state index contributed by atoms with van der Waals surface area (Å²) < 4.78 is 53.8. The van der Waals surface area contributed by atoms with Gasteiger partial charge in [0.1, 0.15) is 5.82 Å². The lowest BCUT2D eigenvalue weighted by atomic mass is 10.1. The number of amides is 2. The van der Waals surface area contributed by atoms with Crippen LogP contribution in [-0.4, -0.2) is 17.9 Å². The molecule has 26 heavy (non-hydrogen) atoms. The molecule has 1 fully saturated rings. The average Bonchev–Trinajstić information content (AvgIpc) is 3.39. The number of carbonyl (C=O) groups is 2. The Morgan fingerprint density at radius 2 is 1.73 bits per heavy atom. The van der Waals surface area contributed by atoms with Crippen LogP contribution in [0.3, 0.4) is 0 Å². The van der Waals surface area contributed by atoms with E-state index < -0.39 is 34.7 Å². The summed E-state index contributed by atoms with van der Waals surface area (Å²) in [5.41, 5.74) is -0.557. The minimum atomic E-state index is -1.78. The SMILES string of the molecule is CC(=O)N(c1ccc(F)cc1NC(=O)c1ccc(F)c(F)c1F)C1CC1. The maximum Gasteiger partial charge on any atom is 0.258 e. The van der Waals surface area contributed by atoms with Crippen LogP contribution in [0.1, 0.15) is 30.1 Å². The maximum atomic E-state index is 13.8. The Morgan fingerprint density at radius 3 is 2.35 bits per heavy atom. The fraction of sp³-hybridized carbons (Fsp3) is 0.222. The van der Waals surface area contributed by atoms with E-state index in [0.717, 1.165) is 31.0 Å². The molecule has 0 heterocycles. The van der Waals surface area contributed by atoms with Crippen molar-refractivity contribution in [2.45, 2.75) is 25.8 Å². The van der Waals surface area contributed by atoms with Gasteiger partial charge in [0, 0.05) is 13.0 Å². The van der Waals surface area contributed by atoms with Crippen molar-refractivity contribution in [1.29, 1.82) is 0 Å². The first-order valence-corrected chi connectivity index (χ1v) is 7.83. The van der Waals surface area contributed by atoms with Gasteiger partial charge in [-0.3, -0.25) is 9.59 Å². The number of carbonyl (C=O) groups excluding carboxylic acids is 2. The monoisotopic (exact) mass is 366 g/mol. The number of anilines is 2. The number of rotatable bonds is 4. The van der Waals surface area contributed by atoms with Gasteiger partial charge in [-0.05, 0) is 43.2 Å². The quantitative estimate of drug-likeness (QED) is 0.657. The summed E-state index contributed by atoms with van der Waals surface area (Å²) in [5, 5.41) is 2.27. The van der Waals surface area contributed by atoms with E-state index in [1.54, 1.807) is 0 Å². The van der Waals surface area contributed by atoms with Crippen LogP contribution in [0.2, 0.25) is 0 Å². The van der Waals surface area contributed by atoms with Crippen LogP contribution >= 0.6 is 0 Å². The highest BCUT2D eigenvalue weighted by Crippen LogP contribution is 2.36. The fourth-order valence-electron chi connectivity index (χ4n) is 2.67. The molecule has 0 aromatic heterocycles. The van der Waals surface area contributed by atoms with E-state index >= 15 is 0 Å². The lowest BCUT2D eigenvalue weighted by Gasteiger charge is -2.24. The smallest absolute Gasteiger partial charge is 0.258 e. The molecular weight excluding hydrogens is 352 g/mol. The number of hydrogen-bond acceptors (Lipinski definition) is 2. The third kappa shape index (κ3) is 3.40. The van der Waals surface area contributed by atoms with Gasteiger partial charge in [0.2, 0.25) is 5.91 Å². The summed E-state index contributed by atoms with van der Waals surface area (Å²) in [6, 6.07) is 4.77. The summed E-state index contributed by atoms with van der Waals surface area (Å²) in [6.07, 6.45) is 1.53. The van der Waals surface area contributed by atoms with E-state index in [-0.39, 0.29) is 23.3 Å². The third-order valence-corrected chi connectivity index (χ3v) is 4.00. The first-order valence-electron chi connectivity index (χ1n) is 7.83. The molecule has 2 amide bonds. The summed E-state index contributed by atoms with van der Waals surface area (Å²) in [5.74, 6) is -6.93. The number of nitrogens with one attached hydrogen (secondary N) is 1. The van der Waals surface area contributed by atoms with Crippen molar-refractivity contribution in [2.75, 3.05) is 10.2 Å². The van der Waals surface area contributed by atoms with Gasteiger partial charge in [-0.2, -0.15) is 0 Å². The highest BCUT2D eigenvalue weighted by Gasteiger charge is 2.33. The molecule has 136 valence electrons. The molecule has 4 nitrogen and oxygen atoms in total. The predicted molar refractivity (Wildman–Crippen MR) is 86.9 cm³/mol. The topological polar surface area (TPSA) is 49.4 Å². The molecule has 0 saturated heterocycles. The van der Waals surface area contributed by atoms with E-state index in [1.165, 1.54) is 17.9 Å². The number of hydrogen-bond donors (Lipinski definition) is 1. The largest absolute Gasteiger partial charge is 0.320 e. The van der Waals surface area contributed by atoms with Crippen LogP contribution in [0.5, 0.6) is 0 Å². The molecule has 0 bridgehead atoms. The molecule has 2 aromatic carbocycles. The van der Waals surface area contributed by atoms with Crippen LogP contribution in [0.15, 0.2) is 30.3 Å². The van der Waals surface area contributed by atoms with Gasteiger partial charge in [-0.15, -0.1) is 0 Å². The average molecular weight is 366 g/mol. The van der Waals surface area contributed by atoms with Crippen LogP contribution in [0, 0.1) is 23.3 Å². The van der Waals surface area contributed by atoms with E-state index in [2.05, 4.69) is 5.32 Å². The van der Waals surface area contributed by atoms with Crippen molar-refractivity contribution in [3.63, 3.8) is 0 Å². The van der Waals surface area contributed by atoms with Crippen molar-refractivity contribution in [3.8, 4) is 0 Å². The van der Waals surface area contributed by atoms with Crippen molar-refractivity contribution in [1.82, 2.24) is 0 Å². The van der Waals surface area contributed by atoms with E-state index in [0.29, 0.717) is 6.07 Å². The normalized spacial score (nSPS) is 13.4. The van der Waals surface area contributed by atoms with Gasteiger partial charge < -0.3 is 10.2 Å². The Morgan fingerprint density at radius 1 is 1.04 bits per heavy atom. The van der Waals surface area contributed by atoms with Crippen molar-refractivity contribution >= 4 is 23.2 Å². The first kappa shape index (κ1) is 17.9. The maximum absolute atomic E-state index is 13.8. The second kappa shape index (κ2) is 6.78. The van der Waals surface area contributed by atoms with Gasteiger partial charge in [-0.25, -0.2) is 17.6 Å². The molecule has 1 N–H and O–H groups in total. The minimum absolute atomic E-state index is 0.0615. The Kier molecular flexibility index (Phi) is 4.67. The van der Waals surface area contributed by atoms with E-state index in [1.807, 2.05) is 0 Å². The van der Waals surface area contributed by atoms with Crippen molar-refractivity contribution in [2.24, 2.45) is 0 Å². The van der Waals surface area contributed by atoms with Crippen molar-refractivity contribution < 1.29 is 27.2 Å². The lowest BCUT2D eigenvalue weighted by Crippen LogP contribution is -2.31. The Labute approximate surface area is 146 Å². The summed E-state index contributed by atoms with van der Waals surface area (Å²) in [4.78, 5) is 25.6. The Hall–Kier alpha value is -2.90. The zero-order valence-electron chi connectivity index (χ0n) is 13.7. The second-order valence-corrected chi connectivity index (χ2v) is 5.96. The summed E-state index contributed by atoms with van der Waals surface area (Å²) >= 11 is 0. The van der Waals surface area contributed by atoms with Gasteiger partial charge >= 0.3 is 0 Å². The standard InChI is InChI=1S/C18H14F4N2O2/c1-9(25)24(11-3-4-11)15-7-2-10(19)8-14(15)23-18(26)12-5-6-13(20)17(22)16(12)21/h2,5-8,11H,3-4H2,1H3,(H,23,26). The van der Waals surface area contributed by atoms with Crippen LogP contribution in [0.4, 0.5) is 28.9 Å². The van der Waals surface area contributed by atoms with Crippen LogP contribution in [0.25, 0.3) is 0 Å². The molecule has 0 unspecified atom stereocenters. The summed E-state index contributed by atoms with van der Waals surface area (Å²) in [6.45, 7) is 1.34. The van der Waals surface area contributed by atoms with Gasteiger partial charge in [0.15, 0.2) is 17.5 Å². The number of benzene rings is 2. The first-order chi connectivity index (χ1) is 12.3. The zero-order chi connectivity index (χ0) is 19.0. The van der Waals surface area contributed by atoms with Gasteiger partial charge in [0.25, 0.3) is 5.91 Å². The molecule has 0 spiro atoms. The van der Waals surface area contributed by atoms with Crippen molar-refractivity contribution in [3.05, 3.63) is 59.2 Å². The molecule has 1 aliphatic carbocycles. The van der Waals surface area contributed by atoms with Gasteiger partial charge in [-0.1, -0.05) is 0 Å². The highest BCUT2D eigenvalue weighted by molar-refractivity contribution is 6.07. The molecule has 8 heteroatoms. The Bertz CT molecular complexity index is 897. The highest BCUT2D eigenvalue weighted by atomic mass is 19.2. The molecular formula is C18H14F4N2O2.